The molecule has 0 saturated carbocycles. The number of likely N-dealkylation sites (tertiary alicyclic amines) is 1. The molecule has 1 aromatic rings. The largest absolute Gasteiger partial charge is 0.478 e. The summed E-state index contributed by atoms with van der Waals surface area (Å²) >= 11 is 12.8. The molecule has 4 rings (SSSR count). The number of ether oxygens (including phenoxy) is 1. The Morgan fingerprint density at radius 2 is 1.47 bits per heavy atom. The molecule has 2 fully saturated rings. The normalized spacial score (nSPS) is 20.7. The molecular formula is C30H38Cl2N4O7. The highest BCUT2D eigenvalue weighted by Crippen LogP contribution is 2.44. The molecule has 1 unspecified atom stereocenters. The second-order valence-corrected chi connectivity index (χ2v) is 12.8. The number of rotatable bonds is 6. The van der Waals surface area contributed by atoms with Gasteiger partial charge in [0.2, 0.25) is 5.91 Å². The van der Waals surface area contributed by atoms with E-state index < -0.39 is 23.5 Å². The van der Waals surface area contributed by atoms with Gasteiger partial charge < -0.3 is 30.1 Å². The third-order valence-electron chi connectivity index (χ3n) is 8.02. The van der Waals surface area contributed by atoms with E-state index in [1.54, 1.807) is 15.9 Å². The zero-order chi connectivity index (χ0) is 31.6. The summed E-state index contributed by atoms with van der Waals surface area (Å²) in [5, 5.41) is 23.4. The molecular weight excluding hydrogens is 599 g/mol. The van der Waals surface area contributed by atoms with E-state index in [0.29, 0.717) is 45.3 Å². The van der Waals surface area contributed by atoms with E-state index in [-0.39, 0.29) is 56.6 Å². The lowest BCUT2D eigenvalue weighted by Crippen LogP contribution is -2.55. The zero-order valence-electron chi connectivity index (χ0n) is 24.8. The molecule has 11 nitrogen and oxygen atoms in total. The average Bonchev–Trinajstić information content (AvgIpc) is 2.91. The van der Waals surface area contributed by atoms with Crippen molar-refractivity contribution >= 4 is 47.1 Å². The fraction of sp³-hybridized carbons (Fsp3) is 0.533. The fourth-order valence-electron chi connectivity index (χ4n) is 5.99. The molecule has 1 aromatic carbocycles. The van der Waals surface area contributed by atoms with E-state index in [2.05, 4.69) is 10.2 Å². The summed E-state index contributed by atoms with van der Waals surface area (Å²) in [5.41, 5.74) is -0.530. The predicted molar refractivity (Wildman–Crippen MR) is 161 cm³/mol. The Hall–Kier alpha value is -3.28. The van der Waals surface area contributed by atoms with Crippen LogP contribution in [0.4, 0.5) is 4.79 Å². The average molecular weight is 638 g/mol. The maximum absolute atomic E-state index is 13.4. The Labute approximate surface area is 261 Å². The highest BCUT2D eigenvalue weighted by atomic mass is 35.5. The van der Waals surface area contributed by atoms with Gasteiger partial charge in [-0.2, -0.15) is 0 Å². The van der Waals surface area contributed by atoms with Gasteiger partial charge in [-0.1, -0.05) is 29.3 Å². The van der Waals surface area contributed by atoms with Gasteiger partial charge in [0.1, 0.15) is 5.60 Å². The lowest BCUT2D eigenvalue weighted by Gasteiger charge is -2.43. The van der Waals surface area contributed by atoms with Gasteiger partial charge in [0.25, 0.3) is 0 Å². The number of aliphatic carboxylic acids is 2. The van der Waals surface area contributed by atoms with Gasteiger partial charge in [0.05, 0.1) is 23.5 Å². The van der Waals surface area contributed by atoms with Crippen molar-refractivity contribution in [2.24, 2.45) is 0 Å². The number of carbonyl (C=O) groups is 4. The van der Waals surface area contributed by atoms with Crippen LogP contribution in [0.15, 0.2) is 40.7 Å². The molecule has 3 heterocycles. The van der Waals surface area contributed by atoms with Gasteiger partial charge in [-0.3, -0.25) is 9.69 Å². The van der Waals surface area contributed by atoms with E-state index in [9.17, 15) is 29.4 Å². The smallest absolute Gasteiger partial charge is 0.410 e. The minimum Gasteiger partial charge on any atom is -0.478 e. The Morgan fingerprint density at radius 1 is 0.907 bits per heavy atom. The van der Waals surface area contributed by atoms with Crippen molar-refractivity contribution in [3.05, 3.63) is 56.3 Å². The van der Waals surface area contributed by atoms with E-state index in [0.717, 1.165) is 12.8 Å². The number of halogens is 2. The number of amides is 2. The first-order chi connectivity index (χ1) is 20.2. The molecule has 2 amide bonds. The van der Waals surface area contributed by atoms with Crippen molar-refractivity contribution < 1.29 is 34.1 Å². The summed E-state index contributed by atoms with van der Waals surface area (Å²) in [5.74, 6) is -4.23. The summed E-state index contributed by atoms with van der Waals surface area (Å²) < 4.78 is 5.49. The molecule has 3 N–H and O–H groups in total. The molecule has 1 atom stereocenters. The van der Waals surface area contributed by atoms with Gasteiger partial charge in [-0.05, 0) is 52.7 Å². The van der Waals surface area contributed by atoms with Gasteiger partial charge in [-0.25, -0.2) is 14.4 Å². The van der Waals surface area contributed by atoms with Crippen molar-refractivity contribution in [2.45, 2.75) is 64.5 Å². The lowest BCUT2D eigenvalue weighted by atomic mass is 9.79. The first kappa shape index (κ1) is 32.6. The molecule has 43 heavy (non-hydrogen) atoms. The number of carbonyl (C=O) groups excluding carboxylic acids is 2. The molecule has 0 aromatic heterocycles. The fourth-order valence-corrected chi connectivity index (χ4v) is 6.60. The molecule has 0 aliphatic carbocycles. The summed E-state index contributed by atoms with van der Waals surface area (Å²) in [4.78, 5) is 56.5. The predicted octanol–water partition coefficient (Wildman–Crippen LogP) is 4.31. The van der Waals surface area contributed by atoms with Crippen molar-refractivity contribution in [1.82, 2.24) is 20.0 Å². The molecule has 0 bridgehead atoms. The quantitative estimate of drug-likeness (QED) is 0.417. The third-order valence-corrected chi connectivity index (χ3v) is 8.68. The van der Waals surface area contributed by atoms with Crippen LogP contribution in [0.5, 0.6) is 0 Å². The van der Waals surface area contributed by atoms with Gasteiger partial charge in [0.15, 0.2) is 0 Å². The van der Waals surface area contributed by atoms with Crippen LogP contribution in [0.3, 0.4) is 0 Å². The Kier molecular flexibility index (Phi) is 9.98. The van der Waals surface area contributed by atoms with E-state index in [1.165, 1.54) is 19.1 Å². The van der Waals surface area contributed by atoms with Crippen LogP contribution < -0.4 is 5.32 Å². The van der Waals surface area contributed by atoms with E-state index in [4.69, 9.17) is 27.9 Å². The second kappa shape index (κ2) is 13.2. The molecule has 0 radical (unpaired) electrons. The van der Waals surface area contributed by atoms with Crippen molar-refractivity contribution in [2.75, 3.05) is 39.3 Å². The standard InChI is InChI=1S/C30H38Cl2N4O7/c1-17-23(27(38)39)26(24-19(31)6-5-7-20(24)32)25(28(40)41)21(33-17)16-22(37)35-14-12-34(13-15-35)18-8-10-36(11-9-18)29(42)43-30(2,3)4/h5-7,18,26,33H,8-16H2,1-4H3,(H,38,39)(H,40,41). The van der Waals surface area contributed by atoms with Crippen molar-refractivity contribution in [3.8, 4) is 0 Å². The van der Waals surface area contributed by atoms with Gasteiger partial charge >= 0.3 is 18.0 Å². The summed E-state index contributed by atoms with van der Waals surface area (Å²) in [6.45, 7) is 10.5. The van der Waals surface area contributed by atoms with Crippen LogP contribution in [-0.2, 0) is 19.1 Å². The van der Waals surface area contributed by atoms with Crippen LogP contribution >= 0.6 is 23.2 Å². The number of piperazine rings is 1. The molecule has 2 saturated heterocycles. The number of dihydropyridines is 1. The van der Waals surface area contributed by atoms with Crippen LogP contribution in [0, 0.1) is 0 Å². The topological polar surface area (TPSA) is 140 Å². The number of hydrogen-bond donors (Lipinski definition) is 3. The maximum atomic E-state index is 13.4. The van der Waals surface area contributed by atoms with Crippen LogP contribution in [0.25, 0.3) is 0 Å². The van der Waals surface area contributed by atoms with Crippen LogP contribution in [0.2, 0.25) is 10.0 Å². The maximum Gasteiger partial charge on any atom is 0.410 e. The number of carboxylic acid groups (broad SMARTS) is 2. The van der Waals surface area contributed by atoms with E-state index in [1.807, 2.05) is 20.8 Å². The van der Waals surface area contributed by atoms with Crippen molar-refractivity contribution in [3.63, 3.8) is 0 Å². The molecule has 234 valence electrons. The number of benzene rings is 1. The summed E-state index contributed by atoms with van der Waals surface area (Å²) in [6.07, 6.45) is 1.08. The SMILES string of the molecule is CC1=C(C(=O)O)C(c2c(Cl)cccc2Cl)C(C(=O)O)=C(CC(=O)N2CCN(C3CCN(C(=O)OC(C)(C)C)CC3)CC2)N1. The number of piperidine rings is 1. The molecule has 3 aliphatic heterocycles. The lowest BCUT2D eigenvalue weighted by molar-refractivity contribution is -0.133. The van der Waals surface area contributed by atoms with Crippen LogP contribution in [-0.4, -0.2) is 99.8 Å². The Morgan fingerprint density at radius 3 is 1.98 bits per heavy atom. The first-order valence-corrected chi connectivity index (χ1v) is 15.0. The summed E-state index contributed by atoms with van der Waals surface area (Å²) in [7, 11) is 0. The molecule has 13 heteroatoms. The Balaban J connectivity index is 1.44. The minimum atomic E-state index is -1.37. The monoisotopic (exact) mass is 636 g/mol. The zero-order valence-corrected chi connectivity index (χ0v) is 26.3. The van der Waals surface area contributed by atoms with Gasteiger partial charge in [0, 0.05) is 72.3 Å². The highest BCUT2D eigenvalue weighted by molar-refractivity contribution is 6.36. The molecule has 3 aliphatic rings. The second-order valence-electron chi connectivity index (χ2n) is 12.0. The number of nitrogens with one attached hydrogen (secondary N) is 1. The first-order valence-electron chi connectivity index (χ1n) is 14.3. The number of allylic oxidation sites excluding steroid dienone is 1. The number of hydrogen-bond acceptors (Lipinski definition) is 7. The molecule has 0 spiro atoms. The summed E-state index contributed by atoms with van der Waals surface area (Å²) in [6, 6.07) is 4.92. The van der Waals surface area contributed by atoms with Crippen molar-refractivity contribution in [1.29, 1.82) is 0 Å². The third kappa shape index (κ3) is 7.45. The minimum absolute atomic E-state index is 0.109. The van der Waals surface area contributed by atoms with E-state index >= 15 is 0 Å². The number of nitrogens with zero attached hydrogens (tertiary/aromatic N) is 3. The van der Waals surface area contributed by atoms with Crippen LogP contribution in [0.1, 0.15) is 58.4 Å². The Bertz CT molecular complexity index is 1330. The van der Waals surface area contributed by atoms with Gasteiger partial charge in [-0.15, -0.1) is 0 Å². The number of carboxylic acids is 2. The highest BCUT2D eigenvalue weighted by Gasteiger charge is 2.40.